The number of rotatable bonds is 5. The highest BCUT2D eigenvalue weighted by atomic mass is 32.1. The van der Waals surface area contributed by atoms with E-state index in [1.165, 1.54) is 17.8 Å². The van der Waals surface area contributed by atoms with Crippen LogP contribution in [0.2, 0.25) is 0 Å². The summed E-state index contributed by atoms with van der Waals surface area (Å²) in [5.41, 5.74) is 3.91. The van der Waals surface area contributed by atoms with Gasteiger partial charge in [0.1, 0.15) is 11.4 Å². The fourth-order valence-corrected chi connectivity index (χ4v) is 5.61. The van der Waals surface area contributed by atoms with Gasteiger partial charge in [-0.3, -0.25) is 14.5 Å². The van der Waals surface area contributed by atoms with Crippen LogP contribution in [-0.2, 0) is 4.79 Å². The van der Waals surface area contributed by atoms with Crippen LogP contribution in [0.4, 0.5) is 5.69 Å². The van der Waals surface area contributed by atoms with Gasteiger partial charge in [0.05, 0.1) is 10.4 Å². The highest BCUT2D eigenvalue weighted by Crippen LogP contribution is 2.30. The maximum atomic E-state index is 13.7. The summed E-state index contributed by atoms with van der Waals surface area (Å²) in [6.45, 7) is 4.06. The van der Waals surface area contributed by atoms with E-state index in [1.807, 2.05) is 44.2 Å². The summed E-state index contributed by atoms with van der Waals surface area (Å²) in [6.07, 6.45) is 5.55. The van der Waals surface area contributed by atoms with Gasteiger partial charge in [-0.25, -0.2) is 4.98 Å². The number of aromatic nitrogens is 1. The molecule has 2 heterocycles. The first kappa shape index (κ1) is 22.5. The predicted octanol–water partition coefficient (Wildman–Crippen LogP) is 6.16. The molecule has 0 aliphatic heterocycles. The highest BCUT2D eigenvalue weighted by Gasteiger charge is 2.24. The van der Waals surface area contributed by atoms with Gasteiger partial charge in [0.15, 0.2) is 0 Å². The Labute approximate surface area is 203 Å². The first-order chi connectivity index (χ1) is 16.5. The van der Waals surface area contributed by atoms with E-state index < -0.39 is 0 Å². The van der Waals surface area contributed by atoms with Crippen molar-refractivity contribution in [1.82, 2.24) is 10.3 Å². The summed E-state index contributed by atoms with van der Waals surface area (Å²) in [4.78, 5) is 34.4. The molecule has 1 fully saturated rings. The molecule has 2 amide bonds. The number of carbonyl (C=O) groups excluding carboxylic acids is 2. The van der Waals surface area contributed by atoms with Crippen molar-refractivity contribution in [3.05, 3.63) is 70.6 Å². The van der Waals surface area contributed by atoms with E-state index in [0.717, 1.165) is 63.6 Å². The molecule has 5 nitrogen and oxygen atoms in total. The Morgan fingerprint density at radius 2 is 1.68 bits per heavy atom. The minimum absolute atomic E-state index is 0.00123. The molecule has 1 aliphatic rings. The van der Waals surface area contributed by atoms with Crippen LogP contribution in [0.1, 0.15) is 52.9 Å². The van der Waals surface area contributed by atoms with Gasteiger partial charge >= 0.3 is 0 Å². The van der Waals surface area contributed by atoms with E-state index in [-0.39, 0.29) is 24.4 Å². The van der Waals surface area contributed by atoms with Crippen molar-refractivity contribution >= 4 is 50.0 Å². The van der Waals surface area contributed by atoms with Crippen LogP contribution in [0.25, 0.3) is 21.1 Å². The Morgan fingerprint density at radius 1 is 0.941 bits per heavy atom. The lowest BCUT2D eigenvalue weighted by atomic mass is 9.95. The van der Waals surface area contributed by atoms with Gasteiger partial charge in [-0.1, -0.05) is 49.1 Å². The topological polar surface area (TPSA) is 62.3 Å². The van der Waals surface area contributed by atoms with Crippen LogP contribution < -0.4 is 10.2 Å². The quantitative estimate of drug-likeness (QED) is 0.379. The third kappa shape index (κ3) is 4.82. The monoisotopic (exact) mass is 471 g/mol. The standard InChI is InChI=1S/C28H29N3O2S/c1-18-9-12-23(13-10-18)31(17-26(32)29-22-6-4-3-5-7-22)28(33)25-16-21-15-20-11-8-19(2)14-24(20)30-27(21)34-25/h8-16,22H,3-7,17H2,1-2H3,(H,29,32). The number of nitrogens with one attached hydrogen (secondary N) is 1. The number of hydrogen-bond donors (Lipinski definition) is 1. The van der Waals surface area contributed by atoms with Gasteiger partial charge in [-0.15, -0.1) is 11.3 Å². The number of pyridine rings is 1. The molecular weight excluding hydrogens is 442 g/mol. The van der Waals surface area contributed by atoms with Crippen molar-refractivity contribution in [1.29, 1.82) is 0 Å². The third-order valence-electron chi connectivity index (χ3n) is 6.53. The molecule has 1 saturated carbocycles. The number of thiophene rings is 1. The Morgan fingerprint density at radius 3 is 2.44 bits per heavy atom. The van der Waals surface area contributed by atoms with Crippen LogP contribution in [0.3, 0.4) is 0 Å². The SMILES string of the molecule is Cc1ccc(N(CC(=O)NC2CCCCC2)C(=O)c2cc3cc4ccc(C)cc4nc3s2)cc1. The number of benzene rings is 2. The molecule has 0 bridgehead atoms. The minimum Gasteiger partial charge on any atom is -0.352 e. The van der Waals surface area contributed by atoms with E-state index in [4.69, 9.17) is 4.98 Å². The molecule has 1 aliphatic carbocycles. The normalized spacial score (nSPS) is 14.4. The third-order valence-corrected chi connectivity index (χ3v) is 7.57. The molecule has 174 valence electrons. The van der Waals surface area contributed by atoms with E-state index in [1.54, 1.807) is 4.90 Å². The van der Waals surface area contributed by atoms with Crippen LogP contribution in [0, 0.1) is 13.8 Å². The Kier molecular flexibility index (Phi) is 6.33. The number of aryl methyl sites for hydroxylation is 2. The van der Waals surface area contributed by atoms with Gasteiger partial charge in [0.2, 0.25) is 5.91 Å². The van der Waals surface area contributed by atoms with Crippen LogP contribution in [0.5, 0.6) is 0 Å². The molecule has 2 aromatic carbocycles. The first-order valence-corrected chi connectivity index (χ1v) is 12.8. The summed E-state index contributed by atoms with van der Waals surface area (Å²) in [6, 6.07) is 18.1. The largest absolute Gasteiger partial charge is 0.352 e. The van der Waals surface area contributed by atoms with Crippen molar-refractivity contribution in [3.8, 4) is 0 Å². The zero-order chi connectivity index (χ0) is 23.7. The average Bonchev–Trinajstić information content (AvgIpc) is 3.25. The number of hydrogen-bond acceptors (Lipinski definition) is 4. The average molecular weight is 472 g/mol. The summed E-state index contributed by atoms with van der Waals surface area (Å²) in [5, 5.41) is 5.15. The van der Waals surface area contributed by atoms with Gasteiger partial charge in [0, 0.05) is 22.5 Å². The summed E-state index contributed by atoms with van der Waals surface area (Å²) >= 11 is 1.38. The van der Waals surface area contributed by atoms with E-state index >= 15 is 0 Å². The maximum absolute atomic E-state index is 13.7. The predicted molar refractivity (Wildman–Crippen MR) is 140 cm³/mol. The lowest BCUT2D eigenvalue weighted by Crippen LogP contribution is -2.44. The highest BCUT2D eigenvalue weighted by molar-refractivity contribution is 7.20. The van der Waals surface area contributed by atoms with Crippen molar-refractivity contribution in [3.63, 3.8) is 0 Å². The number of amides is 2. The molecule has 0 saturated heterocycles. The van der Waals surface area contributed by atoms with Gasteiger partial charge in [0.25, 0.3) is 5.91 Å². The molecule has 6 heteroatoms. The van der Waals surface area contributed by atoms with Crippen LogP contribution >= 0.6 is 11.3 Å². The number of carbonyl (C=O) groups is 2. The molecule has 0 spiro atoms. The first-order valence-electron chi connectivity index (χ1n) is 11.9. The molecule has 2 aromatic heterocycles. The van der Waals surface area contributed by atoms with Crippen molar-refractivity contribution in [2.24, 2.45) is 0 Å². The fraction of sp³-hybridized carbons (Fsp3) is 0.321. The van der Waals surface area contributed by atoms with Crippen LogP contribution in [-0.4, -0.2) is 29.4 Å². The van der Waals surface area contributed by atoms with E-state index in [9.17, 15) is 9.59 Å². The number of nitrogens with zero attached hydrogens (tertiary/aromatic N) is 2. The van der Waals surface area contributed by atoms with E-state index in [2.05, 4.69) is 29.6 Å². The zero-order valence-electron chi connectivity index (χ0n) is 19.6. The van der Waals surface area contributed by atoms with Gasteiger partial charge < -0.3 is 5.32 Å². The lowest BCUT2D eigenvalue weighted by Gasteiger charge is -2.26. The Bertz CT molecular complexity index is 1350. The second-order valence-corrected chi connectivity index (χ2v) is 10.3. The van der Waals surface area contributed by atoms with Gasteiger partial charge in [-0.2, -0.15) is 0 Å². The molecule has 34 heavy (non-hydrogen) atoms. The van der Waals surface area contributed by atoms with E-state index in [0.29, 0.717) is 4.88 Å². The summed E-state index contributed by atoms with van der Waals surface area (Å²) in [5.74, 6) is -0.285. The molecule has 0 atom stereocenters. The lowest BCUT2D eigenvalue weighted by molar-refractivity contribution is -0.120. The molecule has 0 unspecified atom stereocenters. The van der Waals surface area contributed by atoms with Crippen molar-refractivity contribution < 1.29 is 9.59 Å². The molecule has 0 radical (unpaired) electrons. The molecular formula is C28H29N3O2S. The maximum Gasteiger partial charge on any atom is 0.268 e. The molecule has 5 rings (SSSR count). The summed E-state index contributed by atoms with van der Waals surface area (Å²) < 4.78 is 0. The second kappa shape index (κ2) is 9.55. The smallest absolute Gasteiger partial charge is 0.268 e. The van der Waals surface area contributed by atoms with Crippen LogP contribution in [0.15, 0.2) is 54.6 Å². The minimum atomic E-state index is -0.175. The molecule has 1 N–H and O–H groups in total. The fourth-order valence-electron chi connectivity index (χ4n) is 4.64. The Hall–Kier alpha value is -3.25. The zero-order valence-corrected chi connectivity index (χ0v) is 20.5. The number of fused-ring (bicyclic) bond motifs is 2. The Balaban J connectivity index is 1.45. The van der Waals surface area contributed by atoms with Crippen molar-refractivity contribution in [2.45, 2.75) is 52.0 Å². The number of anilines is 1. The van der Waals surface area contributed by atoms with Crippen molar-refractivity contribution in [2.75, 3.05) is 11.4 Å². The molecule has 4 aromatic rings. The van der Waals surface area contributed by atoms with Gasteiger partial charge in [-0.05, 0) is 62.6 Å². The second-order valence-electron chi connectivity index (χ2n) is 9.32. The summed E-state index contributed by atoms with van der Waals surface area (Å²) in [7, 11) is 0.